The highest BCUT2D eigenvalue weighted by molar-refractivity contribution is 6.06. The van der Waals surface area contributed by atoms with Crippen LogP contribution >= 0.6 is 0 Å². The molecule has 4 heteroatoms. The first-order chi connectivity index (χ1) is 9.72. The number of para-hydroxylation sites is 1. The van der Waals surface area contributed by atoms with Crippen molar-refractivity contribution in [2.75, 3.05) is 4.90 Å². The van der Waals surface area contributed by atoms with Crippen LogP contribution in [0.4, 0.5) is 5.69 Å². The molecular weight excluding hydrogens is 250 g/mol. The van der Waals surface area contributed by atoms with E-state index < -0.39 is 0 Å². The van der Waals surface area contributed by atoms with E-state index in [1.807, 2.05) is 29.2 Å². The number of nitrogens with zero attached hydrogens (tertiary/aromatic N) is 3. The number of hydrogen-bond donors (Lipinski definition) is 0. The predicted molar refractivity (Wildman–Crippen MR) is 78.9 cm³/mol. The van der Waals surface area contributed by atoms with E-state index in [2.05, 4.69) is 25.0 Å². The Bertz CT molecular complexity index is 632. The highest BCUT2D eigenvalue weighted by Crippen LogP contribution is 2.32. The monoisotopic (exact) mass is 269 g/mol. The normalized spacial score (nSPS) is 17.3. The standard InChI is InChI=1S/C16H19N3O/c1-3-10-18-15(8-9-17-18)16(20)19-12(2)11-13-6-4-5-7-14(13)19/h4-9,12H,3,10-11H2,1-2H3. The first-order valence-electron chi connectivity index (χ1n) is 7.15. The fraction of sp³-hybridized carbons (Fsp3) is 0.375. The zero-order valence-corrected chi connectivity index (χ0v) is 11.9. The molecule has 2 heterocycles. The fourth-order valence-corrected chi connectivity index (χ4v) is 2.90. The molecule has 104 valence electrons. The average Bonchev–Trinajstić information content (AvgIpc) is 3.02. The summed E-state index contributed by atoms with van der Waals surface area (Å²) in [7, 11) is 0. The van der Waals surface area contributed by atoms with Crippen molar-refractivity contribution < 1.29 is 4.79 Å². The van der Waals surface area contributed by atoms with Gasteiger partial charge in [-0.3, -0.25) is 9.48 Å². The van der Waals surface area contributed by atoms with Crippen molar-refractivity contribution in [2.45, 2.75) is 39.3 Å². The zero-order valence-electron chi connectivity index (χ0n) is 11.9. The minimum Gasteiger partial charge on any atom is -0.304 e. The first kappa shape index (κ1) is 12.9. The summed E-state index contributed by atoms with van der Waals surface area (Å²) in [6.07, 6.45) is 3.59. The van der Waals surface area contributed by atoms with E-state index in [0.717, 1.165) is 25.1 Å². The van der Waals surface area contributed by atoms with Crippen LogP contribution in [0, 0.1) is 0 Å². The number of carbonyl (C=O) groups is 1. The van der Waals surface area contributed by atoms with E-state index in [0.29, 0.717) is 5.69 Å². The summed E-state index contributed by atoms with van der Waals surface area (Å²) in [4.78, 5) is 14.7. The van der Waals surface area contributed by atoms with Crippen LogP contribution in [0.15, 0.2) is 36.5 Å². The molecule has 1 aromatic carbocycles. The van der Waals surface area contributed by atoms with E-state index in [9.17, 15) is 4.79 Å². The molecule has 1 aromatic heterocycles. The number of rotatable bonds is 3. The number of anilines is 1. The summed E-state index contributed by atoms with van der Waals surface area (Å²) >= 11 is 0. The van der Waals surface area contributed by atoms with Crippen LogP contribution in [-0.4, -0.2) is 21.7 Å². The molecule has 1 unspecified atom stereocenters. The number of aryl methyl sites for hydroxylation is 1. The molecule has 1 atom stereocenters. The Morgan fingerprint density at radius 3 is 2.95 bits per heavy atom. The molecular formula is C16H19N3O. The highest BCUT2D eigenvalue weighted by atomic mass is 16.2. The molecule has 1 aliphatic heterocycles. The van der Waals surface area contributed by atoms with Gasteiger partial charge in [-0.15, -0.1) is 0 Å². The van der Waals surface area contributed by atoms with Gasteiger partial charge in [0.25, 0.3) is 5.91 Å². The second kappa shape index (κ2) is 5.12. The van der Waals surface area contributed by atoms with Crippen molar-refractivity contribution >= 4 is 11.6 Å². The predicted octanol–water partition coefficient (Wildman–Crippen LogP) is 2.88. The van der Waals surface area contributed by atoms with Crippen molar-refractivity contribution in [3.63, 3.8) is 0 Å². The van der Waals surface area contributed by atoms with E-state index in [-0.39, 0.29) is 11.9 Å². The lowest BCUT2D eigenvalue weighted by Crippen LogP contribution is -2.37. The van der Waals surface area contributed by atoms with E-state index in [1.54, 1.807) is 10.9 Å². The molecule has 20 heavy (non-hydrogen) atoms. The Morgan fingerprint density at radius 1 is 1.35 bits per heavy atom. The van der Waals surface area contributed by atoms with Crippen LogP contribution in [0.1, 0.15) is 36.3 Å². The van der Waals surface area contributed by atoms with Gasteiger partial charge in [-0.2, -0.15) is 5.10 Å². The van der Waals surface area contributed by atoms with Crippen molar-refractivity contribution in [3.05, 3.63) is 47.8 Å². The van der Waals surface area contributed by atoms with Crippen LogP contribution < -0.4 is 4.90 Å². The summed E-state index contributed by atoms with van der Waals surface area (Å²) in [5.74, 6) is 0.0494. The number of fused-ring (bicyclic) bond motifs is 1. The third kappa shape index (κ3) is 2.01. The summed E-state index contributed by atoms with van der Waals surface area (Å²) in [6.45, 7) is 4.96. The quantitative estimate of drug-likeness (QED) is 0.859. The Labute approximate surface area is 119 Å². The third-order valence-corrected chi connectivity index (χ3v) is 3.80. The van der Waals surface area contributed by atoms with Crippen molar-refractivity contribution in [1.29, 1.82) is 0 Å². The Morgan fingerprint density at radius 2 is 2.15 bits per heavy atom. The van der Waals surface area contributed by atoms with Crippen LogP contribution in [0.2, 0.25) is 0 Å². The van der Waals surface area contributed by atoms with E-state index in [4.69, 9.17) is 0 Å². The first-order valence-corrected chi connectivity index (χ1v) is 7.15. The molecule has 0 N–H and O–H groups in total. The molecule has 0 aliphatic carbocycles. The maximum atomic E-state index is 12.8. The Hall–Kier alpha value is -2.10. The van der Waals surface area contributed by atoms with Gasteiger partial charge in [0, 0.05) is 24.5 Å². The fourth-order valence-electron chi connectivity index (χ4n) is 2.90. The molecule has 1 aliphatic rings. The van der Waals surface area contributed by atoms with Crippen LogP contribution in [0.25, 0.3) is 0 Å². The van der Waals surface area contributed by atoms with Crippen molar-refractivity contribution in [2.24, 2.45) is 0 Å². The summed E-state index contributed by atoms with van der Waals surface area (Å²) in [5, 5.41) is 4.25. The molecule has 1 amide bonds. The zero-order chi connectivity index (χ0) is 14.1. The van der Waals surface area contributed by atoms with Gasteiger partial charge in [0.15, 0.2) is 0 Å². The molecule has 3 rings (SSSR count). The van der Waals surface area contributed by atoms with Crippen LogP contribution in [0.5, 0.6) is 0 Å². The number of carbonyl (C=O) groups excluding carboxylic acids is 1. The van der Waals surface area contributed by atoms with Crippen molar-refractivity contribution in [3.8, 4) is 0 Å². The maximum absolute atomic E-state index is 12.8. The largest absolute Gasteiger partial charge is 0.304 e. The molecule has 0 radical (unpaired) electrons. The lowest BCUT2D eigenvalue weighted by molar-refractivity contribution is 0.0971. The summed E-state index contributed by atoms with van der Waals surface area (Å²) in [6, 6.07) is 10.2. The van der Waals surface area contributed by atoms with Gasteiger partial charge < -0.3 is 4.90 Å². The minimum atomic E-state index is 0.0494. The smallest absolute Gasteiger partial charge is 0.276 e. The van der Waals surface area contributed by atoms with Gasteiger partial charge in [-0.25, -0.2) is 0 Å². The molecule has 0 saturated heterocycles. The molecule has 0 bridgehead atoms. The second-order valence-electron chi connectivity index (χ2n) is 5.30. The van der Waals surface area contributed by atoms with Gasteiger partial charge >= 0.3 is 0 Å². The SMILES string of the molecule is CCCn1nccc1C(=O)N1c2ccccc2CC1C. The van der Waals surface area contributed by atoms with E-state index >= 15 is 0 Å². The van der Waals surface area contributed by atoms with Gasteiger partial charge in [0.1, 0.15) is 5.69 Å². The van der Waals surface area contributed by atoms with E-state index in [1.165, 1.54) is 5.56 Å². The summed E-state index contributed by atoms with van der Waals surface area (Å²) < 4.78 is 1.80. The van der Waals surface area contributed by atoms with Crippen molar-refractivity contribution in [1.82, 2.24) is 9.78 Å². The van der Waals surface area contributed by atoms with Crippen LogP contribution in [0.3, 0.4) is 0 Å². The van der Waals surface area contributed by atoms with Gasteiger partial charge in [0.2, 0.25) is 0 Å². The topological polar surface area (TPSA) is 38.1 Å². The second-order valence-corrected chi connectivity index (χ2v) is 5.30. The molecule has 0 saturated carbocycles. The molecule has 4 nitrogen and oxygen atoms in total. The number of amides is 1. The van der Waals surface area contributed by atoms with Gasteiger partial charge in [0.05, 0.1) is 0 Å². The van der Waals surface area contributed by atoms with Crippen LogP contribution in [-0.2, 0) is 13.0 Å². The Balaban J connectivity index is 1.96. The van der Waals surface area contributed by atoms with Gasteiger partial charge in [-0.05, 0) is 37.5 Å². The van der Waals surface area contributed by atoms with Gasteiger partial charge in [-0.1, -0.05) is 25.1 Å². The highest BCUT2D eigenvalue weighted by Gasteiger charge is 2.32. The Kier molecular flexibility index (Phi) is 3.30. The molecule has 0 spiro atoms. The minimum absolute atomic E-state index is 0.0494. The average molecular weight is 269 g/mol. The number of aromatic nitrogens is 2. The lowest BCUT2D eigenvalue weighted by Gasteiger charge is -2.23. The number of benzene rings is 1. The maximum Gasteiger partial charge on any atom is 0.276 e. The lowest BCUT2D eigenvalue weighted by atomic mass is 10.1. The summed E-state index contributed by atoms with van der Waals surface area (Å²) in [5.41, 5.74) is 2.96. The third-order valence-electron chi connectivity index (χ3n) is 3.80. The molecule has 2 aromatic rings. The molecule has 0 fully saturated rings. The number of hydrogen-bond acceptors (Lipinski definition) is 2.